The number of sulfone groups is 1. The molecule has 0 radical (unpaired) electrons. The van der Waals surface area contributed by atoms with Crippen molar-refractivity contribution in [1.29, 1.82) is 0 Å². The number of ether oxygens (including phenoxy) is 1. The first kappa shape index (κ1) is 16.3. The molecule has 0 bridgehead atoms. The van der Waals surface area contributed by atoms with Gasteiger partial charge in [-0.25, -0.2) is 8.42 Å². The van der Waals surface area contributed by atoms with Crippen LogP contribution >= 0.6 is 0 Å². The van der Waals surface area contributed by atoms with E-state index in [1.54, 1.807) is 13.8 Å². The van der Waals surface area contributed by atoms with E-state index in [4.69, 9.17) is 0 Å². The lowest BCUT2D eigenvalue weighted by atomic mass is 10.2. The Hall–Kier alpha value is -0.660. The van der Waals surface area contributed by atoms with Gasteiger partial charge in [0, 0.05) is 18.8 Å². The molecule has 1 unspecified atom stereocenters. The second kappa shape index (κ2) is 8.43. The first-order chi connectivity index (χ1) is 7.91. The van der Waals surface area contributed by atoms with Crippen molar-refractivity contribution in [1.82, 2.24) is 5.32 Å². The molecule has 0 saturated carbocycles. The Kier molecular flexibility index (Phi) is 8.11. The van der Waals surface area contributed by atoms with E-state index in [1.165, 1.54) is 0 Å². The maximum atomic E-state index is 11.1. The Morgan fingerprint density at radius 3 is 2.59 bits per heavy atom. The summed E-state index contributed by atoms with van der Waals surface area (Å²) in [5.74, 6) is -0.307. The molecule has 0 fully saturated rings. The summed E-state index contributed by atoms with van der Waals surface area (Å²) in [4.78, 5) is 11.0. The van der Waals surface area contributed by atoms with Gasteiger partial charge in [-0.1, -0.05) is 6.92 Å². The van der Waals surface area contributed by atoms with E-state index in [-0.39, 0.29) is 37.6 Å². The van der Waals surface area contributed by atoms with Crippen LogP contribution in [0.3, 0.4) is 0 Å². The molecule has 0 aromatic carbocycles. The predicted molar refractivity (Wildman–Crippen MR) is 64.5 cm³/mol. The molecule has 0 spiro atoms. The van der Waals surface area contributed by atoms with Gasteiger partial charge in [0.1, 0.15) is 0 Å². The van der Waals surface area contributed by atoms with Crippen LogP contribution in [0.4, 0.5) is 0 Å². The van der Waals surface area contributed by atoms with E-state index in [2.05, 4.69) is 10.1 Å². The summed E-state index contributed by atoms with van der Waals surface area (Å²) in [5, 5.41) is 12.2. The van der Waals surface area contributed by atoms with Gasteiger partial charge in [0.05, 0.1) is 24.9 Å². The highest BCUT2D eigenvalue weighted by Gasteiger charge is 2.12. The molecule has 0 saturated heterocycles. The number of nitrogens with one attached hydrogen (secondary N) is 1. The third-order valence-electron chi connectivity index (χ3n) is 2.12. The van der Waals surface area contributed by atoms with Gasteiger partial charge in [-0.2, -0.15) is 0 Å². The Balaban J connectivity index is 3.65. The minimum atomic E-state index is -2.98. The van der Waals surface area contributed by atoms with Crippen LogP contribution in [0.25, 0.3) is 0 Å². The molecule has 7 heteroatoms. The molecule has 0 aromatic heterocycles. The van der Waals surface area contributed by atoms with Crippen LogP contribution in [-0.2, 0) is 19.4 Å². The summed E-state index contributed by atoms with van der Waals surface area (Å²) in [6.07, 6.45) is -0.931. The molecule has 0 heterocycles. The van der Waals surface area contributed by atoms with Gasteiger partial charge in [-0.05, 0) is 6.92 Å². The normalized spacial score (nSPS) is 13.4. The average Bonchev–Trinajstić information content (AvgIpc) is 2.25. The van der Waals surface area contributed by atoms with Crippen molar-refractivity contribution in [3.63, 3.8) is 0 Å². The highest BCUT2D eigenvalue weighted by molar-refractivity contribution is 7.91. The molecule has 0 aromatic rings. The van der Waals surface area contributed by atoms with Gasteiger partial charge in [-0.3, -0.25) is 4.79 Å². The smallest absolute Gasteiger partial charge is 0.308 e. The van der Waals surface area contributed by atoms with Crippen molar-refractivity contribution in [3.05, 3.63) is 0 Å². The molecule has 17 heavy (non-hydrogen) atoms. The molecule has 102 valence electrons. The third kappa shape index (κ3) is 9.08. The zero-order valence-corrected chi connectivity index (χ0v) is 11.1. The van der Waals surface area contributed by atoms with Crippen LogP contribution in [0.5, 0.6) is 0 Å². The van der Waals surface area contributed by atoms with Crippen molar-refractivity contribution in [2.75, 3.05) is 31.2 Å². The molecule has 0 amide bonds. The second-order valence-corrected chi connectivity index (χ2v) is 6.08. The molecular weight excluding hydrogens is 246 g/mol. The number of hydrogen-bond acceptors (Lipinski definition) is 6. The number of carbonyl (C=O) groups is 1. The van der Waals surface area contributed by atoms with E-state index < -0.39 is 21.9 Å². The number of hydrogen-bond donors (Lipinski definition) is 2. The summed E-state index contributed by atoms with van der Waals surface area (Å²) in [6, 6.07) is 0. The first-order valence-corrected chi connectivity index (χ1v) is 7.48. The minimum absolute atomic E-state index is 0.0373. The summed E-state index contributed by atoms with van der Waals surface area (Å²) in [7, 11) is -2.98. The molecule has 0 rings (SSSR count). The zero-order valence-electron chi connectivity index (χ0n) is 10.3. The average molecular weight is 267 g/mol. The van der Waals surface area contributed by atoms with Gasteiger partial charge in [-0.15, -0.1) is 0 Å². The Bertz CT molecular complexity index is 315. The molecule has 0 aliphatic rings. The van der Waals surface area contributed by atoms with Gasteiger partial charge in [0.2, 0.25) is 0 Å². The van der Waals surface area contributed by atoms with Crippen LogP contribution < -0.4 is 5.32 Å². The molecule has 0 aliphatic heterocycles. The first-order valence-electron chi connectivity index (χ1n) is 5.66. The van der Waals surface area contributed by atoms with Gasteiger partial charge in [0.25, 0.3) is 0 Å². The van der Waals surface area contributed by atoms with Gasteiger partial charge < -0.3 is 15.2 Å². The van der Waals surface area contributed by atoms with E-state index in [0.29, 0.717) is 0 Å². The number of aliphatic hydroxyl groups is 1. The fourth-order valence-corrected chi connectivity index (χ4v) is 1.87. The third-order valence-corrected chi connectivity index (χ3v) is 3.82. The lowest BCUT2D eigenvalue weighted by Crippen LogP contribution is -2.32. The van der Waals surface area contributed by atoms with Crippen LogP contribution in [0.1, 0.15) is 20.3 Å². The van der Waals surface area contributed by atoms with Crippen molar-refractivity contribution < 1.29 is 23.1 Å². The van der Waals surface area contributed by atoms with Crippen molar-refractivity contribution >= 4 is 15.8 Å². The maximum absolute atomic E-state index is 11.1. The number of rotatable bonds is 9. The van der Waals surface area contributed by atoms with Gasteiger partial charge >= 0.3 is 5.97 Å². The minimum Gasteiger partial charge on any atom is -0.466 e. The quantitative estimate of drug-likeness (QED) is 0.425. The van der Waals surface area contributed by atoms with Crippen LogP contribution in [0.2, 0.25) is 0 Å². The molecule has 2 N–H and O–H groups in total. The molecule has 1 atom stereocenters. The van der Waals surface area contributed by atoms with E-state index in [9.17, 15) is 18.3 Å². The molecular formula is C10H21NO5S. The highest BCUT2D eigenvalue weighted by Crippen LogP contribution is 1.94. The Morgan fingerprint density at radius 2 is 2.06 bits per heavy atom. The van der Waals surface area contributed by atoms with Crippen molar-refractivity contribution in [2.24, 2.45) is 0 Å². The topological polar surface area (TPSA) is 92.7 Å². The predicted octanol–water partition coefficient (Wildman–Crippen LogP) is -0.675. The largest absolute Gasteiger partial charge is 0.466 e. The fraction of sp³-hybridized carbons (Fsp3) is 0.900. The number of esters is 1. The summed E-state index contributed by atoms with van der Waals surface area (Å²) in [5.41, 5.74) is 0. The van der Waals surface area contributed by atoms with Crippen molar-refractivity contribution in [2.45, 2.75) is 26.4 Å². The van der Waals surface area contributed by atoms with Crippen LogP contribution in [0.15, 0.2) is 0 Å². The monoisotopic (exact) mass is 267 g/mol. The molecule has 0 aliphatic carbocycles. The molecule has 6 nitrogen and oxygen atoms in total. The lowest BCUT2D eigenvalue weighted by Gasteiger charge is -2.10. The lowest BCUT2D eigenvalue weighted by molar-refractivity contribution is -0.145. The Labute approximate surface area is 102 Å². The fourth-order valence-electron chi connectivity index (χ4n) is 1.13. The maximum Gasteiger partial charge on any atom is 0.308 e. The Morgan fingerprint density at radius 1 is 1.41 bits per heavy atom. The standard InChI is InChI=1S/C10H21NO5S/c1-3-16-10(13)7-9(12)8-11-5-6-17(14,15)4-2/h9,11-12H,3-8H2,1-2H3. The second-order valence-electron chi connectivity index (χ2n) is 3.60. The van der Waals surface area contributed by atoms with Gasteiger partial charge in [0.15, 0.2) is 9.84 Å². The van der Waals surface area contributed by atoms with Crippen LogP contribution in [-0.4, -0.2) is 56.8 Å². The summed E-state index contributed by atoms with van der Waals surface area (Å²) in [6.45, 7) is 4.02. The number of aliphatic hydroxyl groups excluding tert-OH is 1. The van der Waals surface area contributed by atoms with E-state index in [0.717, 1.165) is 0 Å². The zero-order chi connectivity index (χ0) is 13.3. The van der Waals surface area contributed by atoms with Crippen molar-refractivity contribution in [3.8, 4) is 0 Å². The summed E-state index contributed by atoms with van der Waals surface area (Å²) >= 11 is 0. The number of carbonyl (C=O) groups excluding carboxylic acids is 1. The van der Waals surface area contributed by atoms with E-state index >= 15 is 0 Å². The van der Waals surface area contributed by atoms with Crippen LogP contribution in [0, 0.1) is 0 Å². The van der Waals surface area contributed by atoms with E-state index in [1.807, 2.05) is 0 Å². The summed E-state index contributed by atoms with van der Waals surface area (Å²) < 4.78 is 26.9. The SMILES string of the molecule is CCOC(=O)CC(O)CNCCS(=O)(=O)CC. The highest BCUT2D eigenvalue weighted by atomic mass is 32.2.